The molecule has 4 rings (SSSR count). The zero-order valence-corrected chi connectivity index (χ0v) is 22.2. The Balaban J connectivity index is 1.39. The lowest BCUT2D eigenvalue weighted by Crippen LogP contribution is -2.17. The Kier molecular flexibility index (Phi) is 8.82. The van der Waals surface area contributed by atoms with E-state index in [4.69, 9.17) is 9.47 Å². The number of aryl methyl sites for hydroxylation is 2. The lowest BCUT2D eigenvalue weighted by Gasteiger charge is -2.10. The second-order valence-corrected chi connectivity index (χ2v) is 10.3. The average molecular weight is 527 g/mol. The number of carbonyl (C=O) groups is 2. The van der Waals surface area contributed by atoms with Crippen LogP contribution in [-0.2, 0) is 41.9 Å². The van der Waals surface area contributed by atoms with Gasteiger partial charge in [0.25, 0.3) is 0 Å². The number of thioether (sulfide) groups is 1. The first kappa shape index (κ1) is 26.0. The van der Waals surface area contributed by atoms with Crippen molar-refractivity contribution in [1.29, 1.82) is 0 Å². The average Bonchev–Trinajstić information content (AvgIpc) is 3.57. The maximum absolute atomic E-state index is 12.8. The van der Waals surface area contributed by atoms with Gasteiger partial charge in [0.15, 0.2) is 11.0 Å². The molecule has 0 bridgehead atoms. The van der Waals surface area contributed by atoms with Gasteiger partial charge in [-0.05, 0) is 55.9 Å². The SMILES string of the molecule is C=CCn1c(COc2ccc(CC)cc2)nnc1SCC(=O)Nc1sc2c(c1C(=O)OCC)CCC2. The van der Waals surface area contributed by atoms with E-state index in [0.717, 1.165) is 41.9 Å². The smallest absolute Gasteiger partial charge is 0.341 e. The second kappa shape index (κ2) is 12.2. The van der Waals surface area contributed by atoms with Gasteiger partial charge in [0.1, 0.15) is 17.4 Å². The van der Waals surface area contributed by atoms with E-state index in [0.29, 0.717) is 34.7 Å². The highest BCUT2D eigenvalue weighted by molar-refractivity contribution is 7.99. The van der Waals surface area contributed by atoms with E-state index in [1.807, 2.05) is 28.8 Å². The van der Waals surface area contributed by atoms with E-state index in [1.54, 1.807) is 13.0 Å². The van der Waals surface area contributed by atoms with E-state index in [1.165, 1.54) is 28.7 Å². The third-order valence-electron chi connectivity index (χ3n) is 5.79. The van der Waals surface area contributed by atoms with Crippen LogP contribution in [0.1, 0.15) is 52.5 Å². The summed E-state index contributed by atoms with van der Waals surface area (Å²) >= 11 is 2.75. The number of benzene rings is 1. The summed E-state index contributed by atoms with van der Waals surface area (Å²) < 4.78 is 13.0. The molecule has 1 amide bonds. The zero-order chi connectivity index (χ0) is 25.5. The molecule has 2 heterocycles. The van der Waals surface area contributed by atoms with Gasteiger partial charge in [0.05, 0.1) is 17.9 Å². The van der Waals surface area contributed by atoms with Gasteiger partial charge in [0, 0.05) is 11.4 Å². The molecular weight excluding hydrogens is 496 g/mol. The van der Waals surface area contributed by atoms with Crippen molar-refractivity contribution in [3.05, 3.63) is 64.3 Å². The number of nitrogens with one attached hydrogen (secondary N) is 1. The summed E-state index contributed by atoms with van der Waals surface area (Å²) in [6.45, 7) is 8.75. The molecule has 1 aliphatic rings. The molecule has 8 nitrogen and oxygen atoms in total. The van der Waals surface area contributed by atoms with Crippen LogP contribution in [0.2, 0.25) is 0 Å². The van der Waals surface area contributed by atoms with Crippen LogP contribution in [0, 0.1) is 0 Å². The third kappa shape index (κ3) is 5.99. The Morgan fingerprint density at radius 3 is 2.75 bits per heavy atom. The molecule has 36 heavy (non-hydrogen) atoms. The number of fused-ring (bicyclic) bond motifs is 1. The highest BCUT2D eigenvalue weighted by Gasteiger charge is 2.28. The number of allylic oxidation sites excluding steroid dienone is 1. The Hall–Kier alpha value is -3.11. The van der Waals surface area contributed by atoms with E-state index in [2.05, 4.69) is 29.0 Å². The monoisotopic (exact) mass is 526 g/mol. The van der Waals surface area contributed by atoms with Crippen molar-refractivity contribution in [2.75, 3.05) is 17.7 Å². The summed E-state index contributed by atoms with van der Waals surface area (Å²) in [5, 5.41) is 12.6. The molecule has 0 unspecified atom stereocenters. The second-order valence-electron chi connectivity index (χ2n) is 8.20. The summed E-state index contributed by atoms with van der Waals surface area (Å²) in [6.07, 6.45) is 5.51. The van der Waals surface area contributed by atoms with Crippen LogP contribution in [0.25, 0.3) is 0 Å². The normalized spacial score (nSPS) is 12.3. The van der Waals surface area contributed by atoms with Crippen LogP contribution < -0.4 is 10.1 Å². The molecule has 190 valence electrons. The van der Waals surface area contributed by atoms with Gasteiger partial charge >= 0.3 is 5.97 Å². The molecule has 0 spiro atoms. The number of carbonyl (C=O) groups excluding carboxylic acids is 2. The number of amides is 1. The van der Waals surface area contributed by atoms with Crippen LogP contribution in [-0.4, -0.2) is 39.0 Å². The Morgan fingerprint density at radius 2 is 2.03 bits per heavy atom. The summed E-state index contributed by atoms with van der Waals surface area (Å²) in [6, 6.07) is 7.97. The molecule has 1 aromatic carbocycles. The van der Waals surface area contributed by atoms with Crippen molar-refractivity contribution in [3.63, 3.8) is 0 Å². The minimum Gasteiger partial charge on any atom is -0.486 e. The predicted molar refractivity (Wildman–Crippen MR) is 142 cm³/mol. The number of ether oxygens (including phenoxy) is 2. The number of aromatic nitrogens is 3. The van der Waals surface area contributed by atoms with Crippen LogP contribution in [0.5, 0.6) is 5.75 Å². The fourth-order valence-corrected chi connectivity index (χ4v) is 6.08. The summed E-state index contributed by atoms with van der Waals surface area (Å²) in [7, 11) is 0. The molecule has 10 heteroatoms. The molecule has 0 saturated heterocycles. The van der Waals surface area contributed by atoms with Gasteiger partial charge in [-0.1, -0.05) is 36.9 Å². The van der Waals surface area contributed by atoms with Gasteiger partial charge < -0.3 is 14.8 Å². The Morgan fingerprint density at radius 1 is 1.22 bits per heavy atom. The van der Waals surface area contributed by atoms with Crippen LogP contribution >= 0.6 is 23.1 Å². The number of nitrogens with zero attached hydrogens (tertiary/aromatic N) is 3. The largest absolute Gasteiger partial charge is 0.486 e. The highest BCUT2D eigenvalue weighted by atomic mass is 32.2. The van der Waals surface area contributed by atoms with E-state index in [-0.39, 0.29) is 24.2 Å². The molecule has 0 fully saturated rings. The quantitative estimate of drug-likeness (QED) is 0.200. The number of rotatable bonds is 12. The summed E-state index contributed by atoms with van der Waals surface area (Å²) in [5.41, 5.74) is 2.77. The first-order chi connectivity index (χ1) is 17.5. The lowest BCUT2D eigenvalue weighted by molar-refractivity contribution is -0.113. The van der Waals surface area contributed by atoms with Crippen LogP contribution in [0.4, 0.5) is 5.00 Å². The van der Waals surface area contributed by atoms with Crippen LogP contribution in [0.15, 0.2) is 42.1 Å². The van der Waals surface area contributed by atoms with Crippen molar-refractivity contribution >= 4 is 40.0 Å². The number of hydrogen-bond donors (Lipinski definition) is 1. The topological polar surface area (TPSA) is 95.3 Å². The fraction of sp³-hybridized carbons (Fsp3) is 0.385. The minimum absolute atomic E-state index is 0.124. The molecule has 0 saturated carbocycles. The number of hydrogen-bond acceptors (Lipinski definition) is 8. The van der Waals surface area contributed by atoms with Gasteiger partial charge in [0.2, 0.25) is 5.91 Å². The van der Waals surface area contributed by atoms with E-state index in [9.17, 15) is 9.59 Å². The van der Waals surface area contributed by atoms with Crippen molar-refractivity contribution in [1.82, 2.24) is 14.8 Å². The lowest BCUT2D eigenvalue weighted by atomic mass is 10.1. The van der Waals surface area contributed by atoms with Gasteiger partial charge in [-0.15, -0.1) is 28.1 Å². The van der Waals surface area contributed by atoms with Crippen molar-refractivity contribution in [2.45, 2.75) is 57.8 Å². The first-order valence-electron chi connectivity index (χ1n) is 12.0. The number of thiophene rings is 1. The molecule has 0 atom stereocenters. The minimum atomic E-state index is -0.375. The summed E-state index contributed by atoms with van der Waals surface area (Å²) in [5.74, 6) is 0.942. The predicted octanol–water partition coefficient (Wildman–Crippen LogP) is 5.06. The first-order valence-corrected chi connectivity index (χ1v) is 13.8. The van der Waals surface area contributed by atoms with Crippen molar-refractivity contribution < 1.29 is 19.1 Å². The van der Waals surface area contributed by atoms with Crippen LogP contribution in [0.3, 0.4) is 0 Å². The fourth-order valence-electron chi connectivity index (χ4n) is 4.02. The molecule has 0 radical (unpaired) electrons. The zero-order valence-electron chi connectivity index (χ0n) is 20.5. The number of esters is 1. The third-order valence-corrected chi connectivity index (χ3v) is 7.96. The van der Waals surface area contributed by atoms with E-state index >= 15 is 0 Å². The Bertz CT molecular complexity index is 1230. The highest BCUT2D eigenvalue weighted by Crippen LogP contribution is 2.39. The van der Waals surface area contributed by atoms with Gasteiger partial charge in [-0.25, -0.2) is 4.79 Å². The summed E-state index contributed by atoms with van der Waals surface area (Å²) in [4.78, 5) is 26.5. The maximum atomic E-state index is 12.8. The molecule has 1 N–H and O–H groups in total. The molecule has 3 aromatic rings. The maximum Gasteiger partial charge on any atom is 0.341 e. The number of anilines is 1. The molecule has 2 aromatic heterocycles. The molecule has 0 aliphatic heterocycles. The van der Waals surface area contributed by atoms with Gasteiger partial charge in [-0.2, -0.15) is 0 Å². The molecular formula is C26H30N4O4S2. The molecule has 1 aliphatic carbocycles. The van der Waals surface area contributed by atoms with E-state index < -0.39 is 0 Å². The Labute approximate surface area is 219 Å². The van der Waals surface area contributed by atoms with Gasteiger partial charge in [-0.3, -0.25) is 9.36 Å². The standard InChI is InChI=1S/C26H30N4O4S2/c1-4-14-30-21(15-34-18-12-10-17(5-2)11-13-18)28-29-26(30)35-16-22(31)27-24-23(25(32)33-6-3)19-8-7-9-20(19)36-24/h4,10-13H,1,5-9,14-16H2,2-3H3,(H,27,31). The van der Waals surface area contributed by atoms with Crippen molar-refractivity contribution in [3.8, 4) is 5.75 Å². The van der Waals surface area contributed by atoms with Crippen molar-refractivity contribution in [2.24, 2.45) is 0 Å².